The summed E-state index contributed by atoms with van der Waals surface area (Å²) in [5.74, 6) is -2.05. The van der Waals surface area contributed by atoms with Gasteiger partial charge in [-0.2, -0.15) is 18.3 Å². The second-order valence-electron chi connectivity index (χ2n) is 4.35. The largest absolute Gasteiger partial charge is 0.481 e. The quantitative estimate of drug-likeness (QED) is 0.938. The smallest absolute Gasteiger partial charge is 0.435 e. The van der Waals surface area contributed by atoms with Gasteiger partial charge in [-0.25, -0.2) is 4.52 Å². The number of alkyl halides is 3. The number of halogens is 3. The third-order valence-corrected chi connectivity index (χ3v) is 2.92. The van der Waals surface area contributed by atoms with E-state index < -0.39 is 23.8 Å². The van der Waals surface area contributed by atoms with Gasteiger partial charge in [0, 0.05) is 12.4 Å². The van der Waals surface area contributed by atoms with Gasteiger partial charge in [0.15, 0.2) is 5.69 Å². The summed E-state index contributed by atoms with van der Waals surface area (Å²) >= 11 is 0. The summed E-state index contributed by atoms with van der Waals surface area (Å²) in [7, 11) is 0. The van der Waals surface area contributed by atoms with E-state index in [1.54, 1.807) is 6.92 Å². The lowest BCUT2D eigenvalue weighted by atomic mass is 9.99. The van der Waals surface area contributed by atoms with Crippen LogP contribution < -0.4 is 0 Å². The molecule has 2 aromatic heterocycles. The van der Waals surface area contributed by atoms with Crippen molar-refractivity contribution < 1.29 is 23.1 Å². The van der Waals surface area contributed by atoms with Crippen LogP contribution in [0.5, 0.6) is 0 Å². The van der Waals surface area contributed by atoms with Gasteiger partial charge in [-0.05, 0) is 12.5 Å². The van der Waals surface area contributed by atoms with Gasteiger partial charge in [-0.15, -0.1) is 0 Å². The van der Waals surface area contributed by atoms with Gasteiger partial charge in [0.25, 0.3) is 0 Å². The topological polar surface area (TPSA) is 67.5 Å². The molecule has 8 heteroatoms. The van der Waals surface area contributed by atoms with E-state index >= 15 is 0 Å². The average Bonchev–Trinajstić information content (AvgIpc) is 2.79. The van der Waals surface area contributed by atoms with Crippen molar-refractivity contribution in [2.75, 3.05) is 0 Å². The molecule has 0 radical (unpaired) electrons. The third-order valence-electron chi connectivity index (χ3n) is 2.92. The Morgan fingerprint density at radius 2 is 2.20 bits per heavy atom. The molecule has 108 valence electrons. The van der Waals surface area contributed by atoms with Gasteiger partial charge < -0.3 is 5.11 Å². The van der Waals surface area contributed by atoms with Crippen LogP contribution in [0, 0.1) is 0 Å². The molecule has 1 N–H and O–H groups in total. The Hall–Kier alpha value is -2.12. The molecule has 1 unspecified atom stereocenters. The van der Waals surface area contributed by atoms with E-state index in [9.17, 15) is 23.1 Å². The van der Waals surface area contributed by atoms with E-state index in [0.717, 1.165) is 10.6 Å². The van der Waals surface area contributed by atoms with Crippen LogP contribution in [0.1, 0.15) is 37.1 Å². The monoisotopic (exact) mass is 287 g/mol. The van der Waals surface area contributed by atoms with Crippen LogP contribution in [0.15, 0.2) is 18.5 Å². The lowest BCUT2D eigenvalue weighted by Crippen LogP contribution is -2.14. The highest BCUT2D eigenvalue weighted by Gasteiger charge is 2.35. The summed E-state index contributed by atoms with van der Waals surface area (Å²) in [5.41, 5.74) is -0.891. The second kappa shape index (κ2) is 5.10. The van der Waals surface area contributed by atoms with Crippen molar-refractivity contribution in [1.29, 1.82) is 0 Å². The molecule has 0 saturated carbocycles. The molecule has 5 nitrogen and oxygen atoms in total. The molecule has 0 aliphatic rings. The Balaban J connectivity index is 2.59. The maximum atomic E-state index is 12.7. The number of carboxylic acids is 1. The van der Waals surface area contributed by atoms with Crippen LogP contribution in [-0.2, 0) is 11.0 Å². The van der Waals surface area contributed by atoms with E-state index in [4.69, 9.17) is 0 Å². The number of fused-ring (bicyclic) bond motifs is 1. The lowest BCUT2D eigenvalue weighted by molar-refractivity contribution is -0.141. The van der Waals surface area contributed by atoms with Crippen LogP contribution in [0.4, 0.5) is 13.2 Å². The lowest BCUT2D eigenvalue weighted by Gasteiger charge is -2.11. The van der Waals surface area contributed by atoms with Crippen molar-refractivity contribution in [3.05, 3.63) is 29.8 Å². The summed E-state index contributed by atoms with van der Waals surface area (Å²) in [5, 5.41) is 12.6. The molecule has 2 rings (SSSR count). The Labute approximate surface area is 112 Å². The number of hydrogen-bond donors (Lipinski definition) is 1. The van der Waals surface area contributed by atoms with Crippen LogP contribution in [0.25, 0.3) is 5.52 Å². The number of aliphatic carboxylic acids is 1. The highest BCUT2D eigenvalue weighted by atomic mass is 19.4. The average molecular weight is 287 g/mol. The Kier molecular flexibility index (Phi) is 3.65. The molecule has 1 atom stereocenters. The van der Waals surface area contributed by atoms with Crippen molar-refractivity contribution in [3.8, 4) is 0 Å². The summed E-state index contributed by atoms with van der Waals surface area (Å²) < 4.78 is 39.0. The van der Waals surface area contributed by atoms with Crippen LogP contribution in [0.2, 0.25) is 0 Å². The molecular formula is C12H12F3N3O2. The second-order valence-corrected chi connectivity index (χ2v) is 4.35. The maximum Gasteiger partial charge on any atom is 0.435 e. The van der Waals surface area contributed by atoms with Crippen molar-refractivity contribution in [3.63, 3.8) is 0 Å². The molecule has 0 aliphatic carbocycles. The third kappa shape index (κ3) is 2.59. The molecule has 0 saturated heterocycles. The molecule has 0 aromatic carbocycles. The van der Waals surface area contributed by atoms with Crippen molar-refractivity contribution in [2.45, 2.75) is 31.9 Å². The van der Waals surface area contributed by atoms with Crippen LogP contribution >= 0.6 is 0 Å². The number of carbonyl (C=O) groups is 1. The number of nitrogens with zero attached hydrogens (tertiary/aromatic N) is 3. The molecule has 2 aromatic rings. The number of aromatic nitrogens is 3. The molecule has 0 bridgehead atoms. The minimum absolute atomic E-state index is 0.0701. The van der Waals surface area contributed by atoms with E-state index in [2.05, 4.69) is 10.1 Å². The molecule has 0 fully saturated rings. The molecule has 20 heavy (non-hydrogen) atoms. The molecule has 0 amide bonds. The predicted octanol–water partition coefficient (Wildman–Crippen LogP) is 2.72. The van der Waals surface area contributed by atoms with E-state index in [0.29, 0.717) is 12.8 Å². The van der Waals surface area contributed by atoms with E-state index in [1.165, 1.54) is 12.4 Å². The molecular weight excluding hydrogens is 275 g/mol. The summed E-state index contributed by atoms with van der Waals surface area (Å²) in [6.07, 6.45) is -1.18. The Morgan fingerprint density at radius 3 is 2.75 bits per heavy atom. The zero-order chi connectivity index (χ0) is 14.9. The fraction of sp³-hybridized carbons (Fsp3) is 0.417. The summed E-state index contributed by atoms with van der Waals surface area (Å²) in [4.78, 5) is 15.2. The minimum Gasteiger partial charge on any atom is -0.481 e. The van der Waals surface area contributed by atoms with Crippen molar-refractivity contribution in [1.82, 2.24) is 14.6 Å². The first kappa shape index (κ1) is 14.3. The predicted molar refractivity (Wildman–Crippen MR) is 63.3 cm³/mol. The van der Waals surface area contributed by atoms with Crippen LogP contribution in [0.3, 0.4) is 0 Å². The highest BCUT2D eigenvalue weighted by molar-refractivity contribution is 5.78. The number of carboxylic acid groups (broad SMARTS) is 1. The maximum absolute atomic E-state index is 12.7. The number of hydrogen-bond acceptors (Lipinski definition) is 3. The van der Waals surface area contributed by atoms with Gasteiger partial charge >= 0.3 is 12.1 Å². The van der Waals surface area contributed by atoms with Gasteiger partial charge in [-0.3, -0.25) is 9.78 Å². The highest BCUT2D eigenvalue weighted by Crippen LogP contribution is 2.31. The van der Waals surface area contributed by atoms with Gasteiger partial charge in [0.1, 0.15) is 5.92 Å². The fourth-order valence-corrected chi connectivity index (χ4v) is 2.02. The minimum atomic E-state index is -4.58. The first-order chi connectivity index (χ1) is 9.34. The van der Waals surface area contributed by atoms with Gasteiger partial charge in [0.05, 0.1) is 11.2 Å². The molecule has 2 heterocycles. The van der Waals surface area contributed by atoms with Gasteiger partial charge in [-0.1, -0.05) is 13.3 Å². The number of rotatable bonds is 4. The van der Waals surface area contributed by atoms with Crippen LogP contribution in [-0.4, -0.2) is 25.7 Å². The van der Waals surface area contributed by atoms with E-state index in [-0.39, 0.29) is 11.2 Å². The normalized spacial score (nSPS) is 13.6. The summed E-state index contributed by atoms with van der Waals surface area (Å²) in [6, 6.07) is 0.827. The standard InChI is InChI=1S/C12H12F3N3O2/c1-2-3-7(11(19)20)10-8-6-9(12(13,14)15)17-18(8)5-4-16-10/h4-7H,2-3H2,1H3,(H,19,20). The van der Waals surface area contributed by atoms with Crippen molar-refractivity contribution in [2.24, 2.45) is 0 Å². The van der Waals surface area contributed by atoms with Crippen molar-refractivity contribution >= 4 is 11.5 Å². The first-order valence-electron chi connectivity index (χ1n) is 5.99. The Morgan fingerprint density at radius 1 is 1.50 bits per heavy atom. The van der Waals surface area contributed by atoms with E-state index in [1.807, 2.05) is 0 Å². The molecule has 0 aliphatic heterocycles. The SMILES string of the molecule is CCCC(C(=O)O)c1nccn2nc(C(F)(F)F)cc12. The summed E-state index contributed by atoms with van der Waals surface area (Å²) in [6.45, 7) is 1.80. The van der Waals surface area contributed by atoms with Gasteiger partial charge in [0.2, 0.25) is 0 Å². The fourth-order valence-electron chi connectivity index (χ4n) is 2.02. The zero-order valence-corrected chi connectivity index (χ0v) is 10.6. The first-order valence-corrected chi connectivity index (χ1v) is 5.99. The zero-order valence-electron chi connectivity index (χ0n) is 10.6. The molecule has 0 spiro atoms. The Bertz CT molecular complexity index is 636.